The third kappa shape index (κ3) is 4.67. The summed E-state index contributed by atoms with van der Waals surface area (Å²) in [5, 5.41) is 4.05. The Bertz CT molecular complexity index is 720. The van der Waals surface area contributed by atoms with Crippen LogP contribution in [-0.2, 0) is 4.79 Å². The first kappa shape index (κ1) is 17.2. The molecule has 0 saturated carbocycles. The molecule has 1 aromatic heterocycles. The van der Waals surface area contributed by atoms with Crippen molar-refractivity contribution < 1.29 is 13.6 Å². The Morgan fingerprint density at radius 3 is 2.56 bits per heavy atom. The molecule has 0 bridgehead atoms. The molecule has 1 fully saturated rings. The van der Waals surface area contributed by atoms with Crippen LogP contribution in [0.4, 0.5) is 10.1 Å². The molecule has 6 nitrogen and oxygen atoms in total. The molecule has 0 aliphatic carbocycles. The van der Waals surface area contributed by atoms with Crippen LogP contribution in [0.25, 0.3) is 0 Å². The quantitative estimate of drug-likeness (QED) is 0.666. The van der Waals surface area contributed by atoms with Crippen molar-refractivity contribution in [3.8, 4) is 0 Å². The van der Waals surface area contributed by atoms with Gasteiger partial charge in [-0.1, -0.05) is 0 Å². The highest BCUT2D eigenvalue weighted by atomic mass is 19.1. The number of hydrazone groups is 1. The van der Waals surface area contributed by atoms with E-state index in [1.165, 1.54) is 12.1 Å². The van der Waals surface area contributed by atoms with E-state index in [4.69, 9.17) is 4.42 Å². The Morgan fingerprint density at radius 2 is 1.92 bits per heavy atom. The van der Waals surface area contributed by atoms with E-state index in [1.807, 2.05) is 0 Å². The molecule has 0 spiro atoms. The lowest BCUT2D eigenvalue weighted by Crippen LogP contribution is -2.49. The van der Waals surface area contributed by atoms with Crippen LogP contribution < -0.4 is 10.3 Å². The number of carbonyl (C=O) groups excluding carboxylic acids is 1. The monoisotopic (exact) mass is 344 g/mol. The van der Waals surface area contributed by atoms with E-state index < -0.39 is 0 Å². The number of piperazine rings is 1. The van der Waals surface area contributed by atoms with Crippen molar-refractivity contribution in [3.05, 3.63) is 54.2 Å². The third-order valence-corrected chi connectivity index (χ3v) is 4.16. The van der Waals surface area contributed by atoms with Crippen LogP contribution >= 0.6 is 0 Å². The van der Waals surface area contributed by atoms with Crippen molar-refractivity contribution in [3.63, 3.8) is 0 Å². The van der Waals surface area contributed by atoms with Gasteiger partial charge in [0, 0.05) is 31.9 Å². The fourth-order valence-electron chi connectivity index (χ4n) is 2.74. The highest BCUT2D eigenvalue weighted by Crippen LogP contribution is 2.16. The number of hydrogen-bond acceptors (Lipinski definition) is 5. The van der Waals surface area contributed by atoms with Crippen molar-refractivity contribution >= 4 is 17.3 Å². The summed E-state index contributed by atoms with van der Waals surface area (Å²) in [5.74, 6) is 0.249. The predicted octanol–water partition coefficient (Wildman–Crippen LogP) is 2.08. The fraction of sp³-hybridized carbons (Fsp3) is 0.333. The number of rotatable bonds is 5. The van der Waals surface area contributed by atoms with Gasteiger partial charge in [-0.15, -0.1) is 0 Å². The third-order valence-electron chi connectivity index (χ3n) is 4.16. The minimum atomic E-state index is -0.232. The molecular formula is C18H21FN4O2. The predicted molar refractivity (Wildman–Crippen MR) is 94.1 cm³/mol. The van der Waals surface area contributed by atoms with Gasteiger partial charge in [-0.3, -0.25) is 9.69 Å². The highest BCUT2D eigenvalue weighted by Gasteiger charge is 2.19. The van der Waals surface area contributed by atoms with E-state index in [0.717, 1.165) is 31.9 Å². The summed E-state index contributed by atoms with van der Waals surface area (Å²) in [6.07, 6.45) is 1.57. The van der Waals surface area contributed by atoms with Crippen LogP contribution in [0.15, 0.2) is 52.2 Å². The summed E-state index contributed by atoms with van der Waals surface area (Å²) in [5.41, 5.74) is 4.19. The molecule has 0 radical (unpaired) electrons. The van der Waals surface area contributed by atoms with Crippen LogP contribution in [0.2, 0.25) is 0 Å². The second kappa shape index (κ2) is 7.94. The standard InChI is InChI=1S/C18H21FN4O2/c1-14(17-3-2-12-25-17)20-21-18(24)13-22-8-10-23(11-9-22)16-6-4-15(19)5-7-16/h2-7,12H,8-11,13H2,1H3,(H,21,24)/b20-14+. The molecule has 0 unspecified atom stereocenters. The lowest BCUT2D eigenvalue weighted by atomic mass is 10.2. The Morgan fingerprint density at radius 1 is 1.20 bits per heavy atom. The molecule has 2 heterocycles. The van der Waals surface area contributed by atoms with Crippen LogP contribution in [-0.4, -0.2) is 49.2 Å². The summed E-state index contributed by atoms with van der Waals surface area (Å²) < 4.78 is 18.2. The molecule has 2 aromatic rings. The molecule has 1 amide bonds. The maximum atomic E-state index is 13.0. The van der Waals surface area contributed by atoms with Gasteiger partial charge in [-0.2, -0.15) is 5.10 Å². The number of anilines is 1. The molecular weight excluding hydrogens is 323 g/mol. The minimum absolute atomic E-state index is 0.152. The Hall–Kier alpha value is -2.67. The van der Waals surface area contributed by atoms with Crippen molar-refractivity contribution in [1.29, 1.82) is 0 Å². The maximum absolute atomic E-state index is 13.0. The number of halogens is 1. The second-order valence-electron chi connectivity index (χ2n) is 5.95. The topological polar surface area (TPSA) is 61.1 Å². The van der Waals surface area contributed by atoms with E-state index >= 15 is 0 Å². The first-order valence-electron chi connectivity index (χ1n) is 8.22. The first-order chi connectivity index (χ1) is 12.1. The van der Waals surface area contributed by atoms with Crippen molar-refractivity contribution in [2.75, 3.05) is 37.6 Å². The van der Waals surface area contributed by atoms with Gasteiger partial charge < -0.3 is 9.32 Å². The normalized spacial score (nSPS) is 16.1. The maximum Gasteiger partial charge on any atom is 0.254 e. The van der Waals surface area contributed by atoms with E-state index in [-0.39, 0.29) is 11.7 Å². The summed E-state index contributed by atoms with van der Waals surface area (Å²) in [6.45, 7) is 5.21. The molecule has 1 aliphatic heterocycles. The Kier molecular flexibility index (Phi) is 5.45. The molecule has 0 atom stereocenters. The lowest BCUT2D eigenvalue weighted by Gasteiger charge is -2.35. The number of benzene rings is 1. The summed E-state index contributed by atoms with van der Waals surface area (Å²) in [6, 6.07) is 10.1. The van der Waals surface area contributed by atoms with Crippen molar-refractivity contribution in [2.45, 2.75) is 6.92 Å². The molecule has 1 aromatic carbocycles. The number of amides is 1. The minimum Gasteiger partial charge on any atom is -0.463 e. The zero-order chi connectivity index (χ0) is 17.6. The van der Waals surface area contributed by atoms with E-state index in [2.05, 4.69) is 20.3 Å². The number of furan rings is 1. The highest BCUT2D eigenvalue weighted by molar-refractivity contribution is 5.96. The van der Waals surface area contributed by atoms with Crippen LogP contribution in [0.3, 0.4) is 0 Å². The van der Waals surface area contributed by atoms with Crippen molar-refractivity contribution in [2.24, 2.45) is 5.10 Å². The Labute approximate surface area is 145 Å². The second-order valence-corrected chi connectivity index (χ2v) is 5.95. The first-order valence-corrected chi connectivity index (χ1v) is 8.22. The largest absolute Gasteiger partial charge is 0.463 e. The van der Waals surface area contributed by atoms with Crippen LogP contribution in [0.1, 0.15) is 12.7 Å². The fourth-order valence-corrected chi connectivity index (χ4v) is 2.74. The number of nitrogens with zero attached hydrogens (tertiary/aromatic N) is 3. The molecule has 7 heteroatoms. The zero-order valence-corrected chi connectivity index (χ0v) is 14.1. The smallest absolute Gasteiger partial charge is 0.254 e. The Balaban J connectivity index is 1.45. The molecule has 1 saturated heterocycles. The lowest BCUT2D eigenvalue weighted by molar-refractivity contribution is -0.122. The van der Waals surface area contributed by atoms with E-state index in [1.54, 1.807) is 37.5 Å². The summed E-state index contributed by atoms with van der Waals surface area (Å²) in [4.78, 5) is 16.3. The summed E-state index contributed by atoms with van der Waals surface area (Å²) in [7, 11) is 0. The van der Waals surface area contributed by atoms with Crippen LogP contribution in [0, 0.1) is 5.82 Å². The van der Waals surface area contributed by atoms with Gasteiger partial charge in [0.2, 0.25) is 0 Å². The number of nitrogens with one attached hydrogen (secondary N) is 1. The molecule has 1 aliphatic rings. The number of hydrogen-bond donors (Lipinski definition) is 1. The average Bonchev–Trinajstić information content (AvgIpc) is 3.16. The molecule has 3 rings (SSSR count). The van der Waals surface area contributed by atoms with Gasteiger partial charge in [0.1, 0.15) is 17.3 Å². The van der Waals surface area contributed by atoms with Gasteiger partial charge in [0.15, 0.2) is 0 Å². The zero-order valence-electron chi connectivity index (χ0n) is 14.1. The van der Waals surface area contributed by atoms with E-state index in [9.17, 15) is 9.18 Å². The van der Waals surface area contributed by atoms with Crippen LogP contribution in [0.5, 0.6) is 0 Å². The number of carbonyl (C=O) groups is 1. The SMILES string of the molecule is C/C(=N\NC(=O)CN1CCN(c2ccc(F)cc2)CC1)c1ccco1. The van der Waals surface area contributed by atoms with Crippen molar-refractivity contribution in [1.82, 2.24) is 10.3 Å². The average molecular weight is 344 g/mol. The van der Waals surface area contributed by atoms with Gasteiger partial charge in [0.25, 0.3) is 5.91 Å². The van der Waals surface area contributed by atoms with Gasteiger partial charge in [-0.05, 0) is 43.3 Å². The molecule has 25 heavy (non-hydrogen) atoms. The molecule has 1 N–H and O–H groups in total. The van der Waals surface area contributed by atoms with Gasteiger partial charge in [0.05, 0.1) is 12.8 Å². The van der Waals surface area contributed by atoms with Gasteiger partial charge in [-0.25, -0.2) is 9.82 Å². The van der Waals surface area contributed by atoms with E-state index in [0.29, 0.717) is 18.0 Å². The molecule has 132 valence electrons. The summed E-state index contributed by atoms with van der Waals surface area (Å²) >= 11 is 0. The van der Waals surface area contributed by atoms with Gasteiger partial charge >= 0.3 is 0 Å².